The first-order valence-electron chi connectivity index (χ1n) is 7.98. The third-order valence-corrected chi connectivity index (χ3v) is 3.42. The molecule has 0 bridgehead atoms. The minimum Gasteiger partial charge on any atom is -0.463 e. The van der Waals surface area contributed by atoms with Gasteiger partial charge in [-0.2, -0.15) is 13.2 Å². The van der Waals surface area contributed by atoms with Gasteiger partial charge in [-0.05, 0) is 51.2 Å². The van der Waals surface area contributed by atoms with Crippen LogP contribution in [0.2, 0.25) is 5.02 Å². The highest BCUT2D eigenvalue weighted by atomic mass is 35.5. The molecule has 28 heavy (non-hydrogen) atoms. The fourth-order valence-corrected chi connectivity index (χ4v) is 2.23. The number of benzene rings is 1. The molecule has 0 saturated heterocycles. The third-order valence-electron chi connectivity index (χ3n) is 2.89. The van der Waals surface area contributed by atoms with E-state index in [1.54, 1.807) is 13.8 Å². The molecule has 1 rings (SSSR count). The molecule has 0 aliphatic heterocycles. The number of nitrogens with one attached hydrogen (secondary N) is 2. The van der Waals surface area contributed by atoms with E-state index in [-0.39, 0.29) is 35.1 Å². The minimum absolute atomic E-state index is 0.0151. The Morgan fingerprint density at radius 2 is 1.96 bits per heavy atom. The number of carbonyl (C=O) groups excluding carboxylic acids is 2. The number of ether oxygens (including phenoxy) is 2. The number of hydrogen-bond acceptors (Lipinski definition) is 5. The Morgan fingerprint density at radius 1 is 1.32 bits per heavy atom. The van der Waals surface area contributed by atoms with Crippen LogP contribution in [0.3, 0.4) is 0 Å². The zero-order chi connectivity index (χ0) is 21.5. The number of esters is 2. The molecule has 0 saturated carbocycles. The van der Waals surface area contributed by atoms with Gasteiger partial charge in [0.05, 0.1) is 29.4 Å². The fourth-order valence-electron chi connectivity index (χ4n) is 1.81. The van der Waals surface area contributed by atoms with E-state index in [1.165, 1.54) is 25.1 Å². The maximum absolute atomic E-state index is 13.1. The molecule has 1 aromatic rings. The number of alkyl halides is 3. The lowest BCUT2D eigenvalue weighted by Crippen LogP contribution is -2.35. The van der Waals surface area contributed by atoms with Crippen LogP contribution in [0.4, 0.5) is 18.9 Å². The second kappa shape index (κ2) is 10.3. The minimum atomic E-state index is -4.87. The molecule has 154 valence electrons. The Labute approximate surface area is 170 Å². The lowest BCUT2D eigenvalue weighted by molar-refractivity contribution is -0.138. The van der Waals surface area contributed by atoms with Crippen molar-refractivity contribution in [3.8, 4) is 0 Å². The lowest BCUT2D eigenvalue weighted by Gasteiger charge is -2.16. The van der Waals surface area contributed by atoms with Gasteiger partial charge in [-0.3, -0.25) is 0 Å². The highest BCUT2D eigenvalue weighted by Crippen LogP contribution is 2.25. The smallest absolute Gasteiger partial charge is 0.431 e. The second-order valence-electron chi connectivity index (χ2n) is 5.54. The van der Waals surface area contributed by atoms with Crippen molar-refractivity contribution in [2.45, 2.75) is 33.1 Å². The van der Waals surface area contributed by atoms with Crippen molar-refractivity contribution in [3.05, 3.63) is 40.6 Å². The summed E-state index contributed by atoms with van der Waals surface area (Å²) in [5.74, 6) is -1.86. The van der Waals surface area contributed by atoms with Gasteiger partial charge in [-0.15, -0.1) is 0 Å². The third kappa shape index (κ3) is 7.73. The summed E-state index contributed by atoms with van der Waals surface area (Å²) in [7, 11) is 0. The van der Waals surface area contributed by atoms with Crippen molar-refractivity contribution in [3.63, 3.8) is 0 Å². The van der Waals surface area contributed by atoms with Crippen molar-refractivity contribution < 1.29 is 32.2 Å². The molecule has 0 unspecified atom stereocenters. The molecule has 0 aliphatic rings. The van der Waals surface area contributed by atoms with Crippen LogP contribution >= 0.6 is 23.8 Å². The average molecular weight is 439 g/mol. The maximum atomic E-state index is 13.1. The number of hydrogen-bond donors (Lipinski definition) is 2. The summed E-state index contributed by atoms with van der Waals surface area (Å²) in [5, 5.41) is 4.03. The molecule has 0 aliphatic carbocycles. The first-order chi connectivity index (χ1) is 12.9. The van der Waals surface area contributed by atoms with Gasteiger partial charge < -0.3 is 20.1 Å². The molecule has 1 aromatic carbocycles. The van der Waals surface area contributed by atoms with E-state index in [9.17, 15) is 22.8 Å². The summed E-state index contributed by atoms with van der Waals surface area (Å²) in [6.45, 7) is 4.69. The number of rotatable bonds is 6. The van der Waals surface area contributed by atoms with Crippen LogP contribution < -0.4 is 10.6 Å². The lowest BCUT2D eigenvalue weighted by atomic mass is 10.2. The van der Waals surface area contributed by atoms with Crippen LogP contribution in [0.15, 0.2) is 30.0 Å². The predicted octanol–water partition coefficient (Wildman–Crippen LogP) is 4.20. The van der Waals surface area contributed by atoms with Crippen LogP contribution in [0, 0.1) is 0 Å². The number of halogens is 4. The van der Waals surface area contributed by atoms with Crippen molar-refractivity contribution in [1.82, 2.24) is 5.32 Å². The van der Waals surface area contributed by atoms with E-state index in [4.69, 9.17) is 28.6 Å². The second-order valence-corrected chi connectivity index (χ2v) is 6.35. The molecule has 6 nitrogen and oxygen atoms in total. The van der Waals surface area contributed by atoms with Crippen LogP contribution in [0.25, 0.3) is 0 Å². The quantitative estimate of drug-likeness (QED) is 0.391. The SMILES string of the molecule is CCOC(=O)/C=C(/NC(=S)Nc1ccc(Cl)c(C(=O)OC(C)C)c1)C(F)(F)F. The monoisotopic (exact) mass is 438 g/mol. The molecule has 0 spiro atoms. The zero-order valence-corrected chi connectivity index (χ0v) is 16.7. The molecule has 0 heterocycles. The van der Waals surface area contributed by atoms with E-state index < -0.39 is 28.9 Å². The number of carbonyl (C=O) groups is 2. The van der Waals surface area contributed by atoms with E-state index in [0.29, 0.717) is 0 Å². The molecule has 0 radical (unpaired) electrons. The summed E-state index contributed by atoms with van der Waals surface area (Å²) >= 11 is 10.8. The number of anilines is 1. The van der Waals surface area contributed by atoms with Crippen LogP contribution in [-0.4, -0.2) is 35.9 Å². The molecule has 0 atom stereocenters. The first-order valence-corrected chi connectivity index (χ1v) is 8.76. The van der Waals surface area contributed by atoms with Gasteiger partial charge in [0.25, 0.3) is 0 Å². The van der Waals surface area contributed by atoms with Crippen LogP contribution in [0.1, 0.15) is 31.1 Å². The molecule has 2 N–H and O–H groups in total. The molecule has 0 amide bonds. The van der Waals surface area contributed by atoms with Crippen molar-refractivity contribution in [1.29, 1.82) is 0 Å². The standard InChI is InChI=1S/C17H18ClF3N2O4S/c1-4-26-14(24)8-13(17(19,20)21)23-16(28)22-10-5-6-12(18)11(7-10)15(25)27-9(2)3/h5-9H,4H2,1-3H3,(H2,22,23,28)/b13-8+. The summed E-state index contributed by atoms with van der Waals surface area (Å²) in [5.41, 5.74) is -1.20. The van der Waals surface area contributed by atoms with E-state index in [0.717, 1.165) is 0 Å². The summed E-state index contributed by atoms with van der Waals surface area (Å²) in [6.07, 6.45) is -5.00. The van der Waals surface area contributed by atoms with E-state index >= 15 is 0 Å². The summed E-state index contributed by atoms with van der Waals surface area (Å²) in [6, 6.07) is 4.05. The largest absolute Gasteiger partial charge is 0.463 e. The average Bonchev–Trinajstić information content (AvgIpc) is 2.54. The van der Waals surface area contributed by atoms with Crippen molar-refractivity contribution in [2.75, 3.05) is 11.9 Å². The highest BCUT2D eigenvalue weighted by Gasteiger charge is 2.35. The molecule has 0 fully saturated rings. The molecular formula is C17H18ClF3N2O4S. The van der Waals surface area contributed by atoms with Gasteiger partial charge in [0.15, 0.2) is 5.11 Å². The Balaban J connectivity index is 2.97. The Morgan fingerprint density at radius 3 is 2.50 bits per heavy atom. The summed E-state index contributed by atoms with van der Waals surface area (Å²) < 4.78 is 48.7. The molecule has 11 heteroatoms. The highest BCUT2D eigenvalue weighted by molar-refractivity contribution is 7.80. The maximum Gasteiger partial charge on any atom is 0.431 e. The fraction of sp³-hybridized carbons (Fsp3) is 0.353. The molecule has 0 aromatic heterocycles. The van der Waals surface area contributed by atoms with Crippen LogP contribution in [0.5, 0.6) is 0 Å². The van der Waals surface area contributed by atoms with Gasteiger partial charge in [-0.1, -0.05) is 11.6 Å². The number of thiocarbonyl (C=S) groups is 1. The zero-order valence-electron chi connectivity index (χ0n) is 15.1. The van der Waals surface area contributed by atoms with Crippen molar-refractivity contribution in [2.24, 2.45) is 0 Å². The van der Waals surface area contributed by atoms with Gasteiger partial charge in [0.2, 0.25) is 0 Å². The van der Waals surface area contributed by atoms with Gasteiger partial charge in [-0.25, -0.2) is 9.59 Å². The molecular weight excluding hydrogens is 421 g/mol. The van der Waals surface area contributed by atoms with E-state index in [2.05, 4.69) is 10.1 Å². The van der Waals surface area contributed by atoms with Crippen molar-refractivity contribution >= 4 is 46.6 Å². The summed E-state index contributed by atoms with van der Waals surface area (Å²) in [4.78, 5) is 23.3. The Hall–Kier alpha value is -2.33. The van der Waals surface area contributed by atoms with Gasteiger partial charge >= 0.3 is 18.1 Å². The topological polar surface area (TPSA) is 76.7 Å². The van der Waals surface area contributed by atoms with Crippen LogP contribution in [-0.2, 0) is 14.3 Å². The van der Waals surface area contributed by atoms with Gasteiger partial charge in [0, 0.05) is 5.69 Å². The first kappa shape index (κ1) is 23.7. The number of allylic oxidation sites excluding steroid dienone is 1. The van der Waals surface area contributed by atoms with E-state index in [1.807, 2.05) is 5.32 Å². The predicted molar refractivity (Wildman–Crippen MR) is 102 cm³/mol. The van der Waals surface area contributed by atoms with Gasteiger partial charge in [0.1, 0.15) is 5.70 Å². The Kier molecular flexibility index (Phi) is 8.70. The Bertz CT molecular complexity index is 782. The normalized spacial score (nSPS) is 11.8.